The SMILES string of the molecule is COC(=O)c1cc2c(Cl)ccc(C)c2c(=O)[nH]1. The summed E-state index contributed by atoms with van der Waals surface area (Å²) in [4.78, 5) is 25.7. The highest BCUT2D eigenvalue weighted by Gasteiger charge is 2.12. The van der Waals surface area contributed by atoms with Gasteiger partial charge in [0.1, 0.15) is 5.69 Å². The first kappa shape index (κ1) is 11.7. The highest BCUT2D eigenvalue weighted by Crippen LogP contribution is 2.24. The van der Waals surface area contributed by atoms with E-state index < -0.39 is 5.97 Å². The van der Waals surface area contributed by atoms with Gasteiger partial charge in [0, 0.05) is 10.4 Å². The Morgan fingerprint density at radius 3 is 2.76 bits per heavy atom. The molecule has 88 valence electrons. The summed E-state index contributed by atoms with van der Waals surface area (Å²) in [5.74, 6) is -0.596. The third-order valence-corrected chi connectivity index (χ3v) is 2.90. The lowest BCUT2D eigenvalue weighted by Gasteiger charge is -2.05. The van der Waals surface area contributed by atoms with Crippen LogP contribution in [0.5, 0.6) is 0 Å². The number of carbonyl (C=O) groups excluding carboxylic acids is 1. The lowest BCUT2D eigenvalue weighted by atomic mass is 10.1. The van der Waals surface area contributed by atoms with Crippen LogP contribution < -0.4 is 5.56 Å². The van der Waals surface area contributed by atoms with E-state index in [1.807, 2.05) is 6.92 Å². The molecule has 0 bridgehead atoms. The number of carbonyl (C=O) groups is 1. The van der Waals surface area contributed by atoms with Crippen molar-refractivity contribution in [2.45, 2.75) is 6.92 Å². The molecule has 4 nitrogen and oxygen atoms in total. The van der Waals surface area contributed by atoms with Crippen molar-refractivity contribution in [1.29, 1.82) is 0 Å². The highest BCUT2D eigenvalue weighted by atomic mass is 35.5. The van der Waals surface area contributed by atoms with Crippen LogP contribution >= 0.6 is 11.6 Å². The molecule has 2 aromatic rings. The lowest BCUT2D eigenvalue weighted by Crippen LogP contribution is -2.15. The summed E-state index contributed by atoms with van der Waals surface area (Å²) in [7, 11) is 1.25. The van der Waals surface area contributed by atoms with E-state index >= 15 is 0 Å². The number of nitrogens with one attached hydrogen (secondary N) is 1. The van der Waals surface area contributed by atoms with Gasteiger partial charge >= 0.3 is 5.97 Å². The Bertz CT molecular complexity index is 661. The van der Waals surface area contributed by atoms with Crippen molar-refractivity contribution < 1.29 is 9.53 Å². The Kier molecular flexibility index (Phi) is 2.90. The van der Waals surface area contributed by atoms with Gasteiger partial charge in [0.2, 0.25) is 0 Å². The second kappa shape index (κ2) is 4.22. The summed E-state index contributed by atoms with van der Waals surface area (Å²) in [6.45, 7) is 1.81. The molecule has 17 heavy (non-hydrogen) atoms. The van der Waals surface area contributed by atoms with Gasteiger partial charge in [-0.25, -0.2) is 4.79 Å². The molecule has 0 fully saturated rings. The number of fused-ring (bicyclic) bond motifs is 1. The number of hydrogen-bond acceptors (Lipinski definition) is 3. The summed E-state index contributed by atoms with van der Waals surface area (Å²) in [5.41, 5.74) is 0.558. The van der Waals surface area contributed by atoms with E-state index in [2.05, 4.69) is 9.72 Å². The van der Waals surface area contributed by atoms with E-state index in [1.54, 1.807) is 12.1 Å². The number of aromatic amines is 1. The largest absolute Gasteiger partial charge is 0.464 e. The van der Waals surface area contributed by atoms with Crippen LogP contribution in [0.15, 0.2) is 23.0 Å². The number of halogens is 1. The molecular formula is C12H10ClNO3. The molecule has 0 saturated carbocycles. The Labute approximate surface area is 102 Å². The molecule has 0 aliphatic carbocycles. The molecule has 2 rings (SSSR count). The maximum absolute atomic E-state index is 11.9. The molecule has 1 aromatic carbocycles. The molecule has 0 radical (unpaired) electrons. The molecule has 0 amide bonds. The highest BCUT2D eigenvalue weighted by molar-refractivity contribution is 6.35. The van der Waals surface area contributed by atoms with E-state index in [0.29, 0.717) is 15.8 Å². The quantitative estimate of drug-likeness (QED) is 0.791. The first-order valence-electron chi connectivity index (χ1n) is 4.95. The number of H-pyrrole nitrogens is 1. The molecule has 0 aliphatic heterocycles. The Morgan fingerprint density at radius 1 is 1.41 bits per heavy atom. The summed E-state index contributed by atoms with van der Waals surface area (Å²) in [5, 5.41) is 1.47. The zero-order valence-corrected chi connectivity index (χ0v) is 10.1. The van der Waals surface area contributed by atoms with E-state index in [1.165, 1.54) is 13.2 Å². The van der Waals surface area contributed by atoms with Crippen LogP contribution in [-0.4, -0.2) is 18.1 Å². The van der Waals surface area contributed by atoms with E-state index in [-0.39, 0.29) is 11.3 Å². The second-order valence-corrected chi connectivity index (χ2v) is 4.06. The molecule has 0 unspecified atom stereocenters. The predicted molar refractivity (Wildman–Crippen MR) is 65.7 cm³/mol. The van der Waals surface area contributed by atoms with E-state index in [0.717, 1.165) is 5.56 Å². The number of ether oxygens (including phenoxy) is 1. The van der Waals surface area contributed by atoms with Gasteiger partial charge in [-0.05, 0) is 24.6 Å². The lowest BCUT2D eigenvalue weighted by molar-refractivity contribution is 0.0594. The van der Waals surface area contributed by atoms with Crippen molar-refractivity contribution in [3.63, 3.8) is 0 Å². The normalized spacial score (nSPS) is 10.5. The number of rotatable bonds is 1. The number of benzene rings is 1. The van der Waals surface area contributed by atoms with Gasteiger partial charge in [-0.3, -0.25) is 4.79 Å². The zero-order chi connectivity index (χ0) is 12.6. The minimum Gasteiger partial charge on any atom is -0.464 e. The number of pyridine rings is 1. The van der Waals surface area contributed by atoms with Gasteiger partial charge in [-0.1, -0.05) is 17.7 Å². The molecule has 0 aliphatic rings. The summed E-state index contributed by atoms with van der Waals surface area (Å²) < 4.78 is 4.56. The fraction of sp³-hybridized carbons (Fsp3) is 0.167. The average molecular weight is 252 g/mol. The van der Waals surface area contributed by atoms with Crippen LogP contribution in [0, 0.1) is 6.92 Å². The monoisotopic (exact) mass is 251 g/mol. The van der Waals surface area contributed by atoms with Gasteiger partial charge in [-0.15, -0.1) is 0 Å². The van der Waals surface area contributed by atoms with Gasteiger partial charge in [0.15, 0.2) is 0 Å². The van der Waals surface area contributed by atoms with Crippen LogP contribution in [-0.2, 0) is 4.74 Å². The molecule has 5 heteroatoms. The van der Waals surface area contributed by atoms with Crippen molar-refractivity contribution >= 4 is 28.3 Å². The molecule has 0 atom stereocenters. The predicted octanol–water partition coefficient (Wildman–Crippen LogP) is 2.28. The number of esters is 1. The number of hydrogen-bond donors (Lipinski definition) is 1. The summed E-state index contributed by atoms with van der Waals surface area (Å²) in [6.07, 6.45) is 0. The van der Waals surface area contributed by atoms with Crippen molar-refractivity contribution in [2.75, 3.05) is 7.11 Å². The van der Waals surface area contributed by atoms with Gasteiger partial charge in [0.05, 0.1) is 12.5 Å². The van der Waals surface area contributed by atoms with Gasteiger partial charge in [0.25, 0.3) is 5.56 Å². The fourth-order valence-corrected chi connectivity index (χ4v) is 1.94. The number of aryl methyl sites for hydroxylation is 1. The van der Waals surface area contributed by atoms with Gasteiger partial charge in [-0.2, -0.15) is 0 Å². The van der Waals surface area contributed by atoms with E-state index in [4.69, 9.17) is 11.6 Å². The third-order valence-electron chi connectivity index (χ3n) is 2.57. The van der Waals surface area contributed by atoms with Crippen molar-refractivity contribution in [2.24, 2.45) is 0 Å². The average Bonchev–Trinajstić information content (AvgIpc) is 2.32. The fourth-order valence-electron chi connectivity index (χ4n) is 1.73. The van der Waals surface area contributed by atoms with Gasteiger partial charge < -0.3 is 9.72 Å². The summed E-state index contributed by atoms with van der Waals surface area (Å²) >= 11 is 6.02. The Balaban J connectivity index is 2.87. The first-order valence-corrected chi connectivity index (χ1v) is 5.33. The van der Waals surface area contributed by atoms with Crippen LogP contribution in [0.25, 0.3) is 10.8 Å². The van der Waals surface area contributed by atoms with Crippen LogP contribution in [0.4, 0.5) is 0 Å². The van der Waals surface area contributed by atoms with Crippen molar-refractivity contribution in [1.82, 2.24) is 4.98 Å². The van der Waals surface area contributed by atoms with Crippen LogP contribution in [0.1, 0.15) is 16.1 Å². The topological polar surface area (TPSA) is 59.2 Å². The Hall–Kier alpha value is -1.81. The van der Waals surface area contributed by atoms with Crippen LogP contribution in [0.2, 0.25) is 5.02 Å². The maximum atomic E-state index is 11.9. The van der Waals surface area contributed by atoms with Crippen molar-refractivity contribution in [3.05, 3.63) is 44.8 Å². The molecule has 1 aromatic heterocycles. The second-order valence-electron chi connectivity index (χ2n) is 3.66. The third kappa shape index (κ3) is 1.91. The molecule has 0 spiro atoms. The molecular weight excluding hydrogens is 242 g/mol. The number of methoxy groups -OCH3 is 1. The maximum Gasteiger partial charge on any atom is 0.354 e. The number of aromatic nitrogens is 1. The van der Waals surface area contributed by atoms with E-state index in [9.17, 15) is 9.59 Å². The molecule has 1 N–H and O–H groups in total. The van der Waals surface area contributed by atoms with Crippen molar-refractivity contribution in [3.8, 4) is 0 Å². The zero-order valence-electron chi connectivity index (χ0n) is 9.33. The first-order chi connectivity index (χ1) is 8.04. The molecule has 0 saturated heterocycles. The van der Waals surface area contributed by atoms with Crippen LogP contribution in [0.3, 0.4) is 0 Å². The minimum absolute atomic E-state index is 0.0949. The Morgan fingerprint density at radius 2 is 2.12 bits per heavy atom. The minimum atomic E-state index is -0.596. The summed E-state index contributed by atoms with van der Waals surface area (Å²) in [6, 6.07) is 4.98. The smallest absolute Gasteiger partial charge is 0.354 e. The molecule has 1 heterocycles. The standard InChI is InChI=1S/C12H10ClNO3/c1-6-3-4-8(13)7-5-9(12(16)17-2)14-11(15)10(6)7/h3-5H,1-2H3,(H,14,15).